The van der Waals surface area contributed by atoms with Crippen LogP contribution in [0.2, 0.25) is 5.02 Å². The summed E-state index contributed by atoms with van der Waals surface area (Å²) in [5.74, 6) is 0.323. The Morgan fingerprint density at radius 3 is 2.50 bits per heavy atom. The van der Waals surface area contributed by atoms with Crippen molar-refractivity contribution in [2.75, 3.05) is 19.7 Å². The molecule has 0 aliphatic carbocycles. The summed E-state index contributed by atoms with van der Waals surface area (Å²) in [7, 11) is 0. The van der Waals surface area contributed by atoms with E-state index in [0.29, 0.717) is 36.7 Å². The van der Waals surface area contributed by atoms with Crippen molar-refractivity contribution in [1.29, 1.82) is 0 Å². The number of rotatable bonds is 5. The molecule has 1 aromatic carbocycles. The third-order valence-corrected chi connectivity index (χ3v) is 3.54. The standard InChI is InChI=1S/C14H18ClN3O4/c15-10-1-3-12(4-2-10)22-9-13(19)17-18-7-5-11(6-8-18)16-14(20)21/h1-4,11,16H,5-9H2,(H,17,19)(H,20,21). The number of amides is 2. The van der Waals surface area contributed by atoms with Crippen molar-refractivity contribution in [2.24, 2.45) is 0 Å². The monoisotopic (exact) mass is 327 g/mol. The molecule has 22 heavy (non-hydrogen) atoms. The lowest BCUT2D eigenvalue weighted by molar-refractivity contribution is -0.128. The van der Waals surface area contributed by atoms with Gasteiger partial charge in [0.15, 0.2) is 6.61 Å². The zero-order valence-corrected chi connectivity index (χ0v) is 12.7. The van der Waals surface area contributed by atoms with Crippen molar-refractivity contribution in [3.8, 4) is 5.75 Å². The molecule has 1 saturated heterocycles. The molecule has 0 radical (unpaired) electrons. The average molecular weight is 328 g/mol. The molecule has 2 amide bonds. The van der Waals surface area contributed by atoms with Crippen LogP contribution in [-0.4, -0.2) is 47.9 Å². The normalized spacial score (nSPS) is 16.0. The number of hydrazine groups is 1. The topological polar surface area (TPSA) is 90.9 Å². The van der Waals surface area contributed by atoms with Gasteiger partial charge in [0.1, 0.15) is 5.75 Å². The Morgan fingerprint density at radius 2 is 1.91 bits per heavy atom. The number of hydrogen-bond donors (Lipinski definition) is 3. The first-order valence-corrected chi connectivity index (χ1v) is 7.33. The van der Waals surface area contributed by atoms with E-state index in [1.54, 1.807) is 29.3 Å². The number of carbonyl (C=O) groups is 2. The summed E-state index contributed by atoms with van der Waals surface area (Å²) >= 11 is 5.76. The van der Waals surface area contributed by atoms with E-state index in [-0.39, 0.29) is 18.6 Å². The number of hydrogen-bond acceptors (Lipinski definition) is 4. The third-order valence-electron chi connectivity index (χ3n) is 3.29. The number of nitrogens with zero attached hydrogens (tertiary/aromatic N) is 1. The maximum Gasteiger partial charge on any atom is 0.404 e. The van der Waals surface area contributed by atoms with Gasteiger partial charge in [-0.25, -0.2) is 9.80 Å². The van der Waals surface area contributed by atoms with Gasteiger partial charge in [0.25, 0.3) is 5.91 Å². The first kappa shape index (κ1) is 16.4. The van der Waals surface area contributed by atoms with E-state index in [1.165, 1.54) is 0 Å². The van der Waals surface area contributed by atoms with Crippen molar-refractivity contribution >= 4 is 23.6 Å². The molecule has 0 spiro atoms. The van der Waals surface area contributed by atoms with Crippen LogP contribution in [0.3, 0.4) is 0 Å². The molecular formula is C14H18ClN3O4. The first-order chi connectivity index (χ1) is 10.5. The summed E-state index contributed by atoms with van der Waals surface area (Å²) in [5, 5.41) is 13.5. The number of piperidine rings is 1. The van der Waals surface area contributed by atoms with E-state index in [4.69, 9.17) is 21.4 Å². The highest BCUT2D eigenvalue weighted by Gasteiger charge is 2.21. The Kier molecular flexibility index (Phi) is 5.85. The van der Waals surface area contributed by atoms with Gasteiger partial charge < -0.3 is 15.2 Å². The summed E-state index contributed by atoms with van der Waals surface area (Å²) in [6.45, 7) is 1.10. The van der Waals surface area contributed by atoms with Crippen LogP contribution in [0.5, 0.6) is 5.75 Å². The number of halogens is 1. The number of carboxylic acid groups (broad SMARTS) is 1. The van der Waals surface area contributed by atoms with Crippen LogP contribution < -0.4 is 15.5 Å². The second-order valence-electron chi connectivity index (χ2n) is 4.99. The van der Waals surface area contributed by atoms with Gasteiger partial charge in [0, 0.05) is 24.2 Å². The smallest absolute Gasteiger partial charge is 0.404 e. The van der Waals surface area contributed by atoms with Gasteiger partial charge in [-0.15, -0.1) is 0 Å². The fourth-order valence-corrected chi connectivity index (χ4v) is 2.32. The van der Waals surface area contributed by atoms with Gasteiger partial charge in [-0.2, -0.15) is 0 Å². The fourth-order valence-electron chi connectivity index (χ4n) is 2.20. The van der Waals surface area contributed by atoms with Crippen LogP contribution in [0.1, 0.15) is 12.8 Å². The summed E-state index contributed by atoms with van der Waals surface area (Å²) in [5.41, 5.74) is 2.74. The highest BCUT2D eigenvalue weighted by Crippen LogP contribution is 2.15. The summed E-state index contributed by atoms with van der Waals surface area (Å²) in [6.07, 6.45) is 0.300. The average Bonchev–Trinajstić information content (AvgIpc) is 2.48. The number of carbonyl (C=O) groups excluding carboxylic acids is 1. The summed E-state index contributed by atoms with van der Waals surface area (Å²) in [4.78, 5) is 22.3. The minimum atomic E-state index is -1.01. The van der Waals surface area contributed by atoms with Crippen LogP contribution >= 0.6 is 11.6 Å². The van der Waals surface area contributed by atoms with Crippen molar-refractivity contribution in [2.45, 2.75) is 18.9 Å². The van der Waals surface area contributed by atoms with Gasteiger partial charge in [-0.3, -0.25) is 10.2 Å². The zero-order valence-electron chi connectivity index (χ0n) is 11.9. The van der Waals surface area contributed by atoms with E-state index in [0.717, 1.165) is 0 Å². The highest BCUT2D eigenvalue weighted by atomic mass is 35.5. The van der Waals surface area contributed by atoms with Gasteiger partial charge in [-0.05, 0) is 37.1 Å². The molecule has 7 nitrogen and oxygen atoms in total. The van der Waals surface area contributed by atoms with E-state index in [2.05, 4.69) is 10.7 Å². The van der Waals surface area contributed by atoms with E-state index in [9.17, 15) is 9.59 Å². The molecule has 0 unspecified atom stereocenters. The van der Waals surface area contributed by atoms with Crippen molar-refractivity contribution in [1.82, 2.24) is 15.8 Å². The molecule has 0 aromatic heterocycles. The predicted molar refractivity (Wildman–Crippen MR) is 80.8 cm³/mol. The Labute approximate surface area is 133 Å². The van der Waals surface area contributed by atoms with Crippen LogP contribution in [0, 0.1) is 0 Å². The minimum absolute atomic E-state index is 0.0593. The van der Waals surface area contributed by atoms with E-state index < -0.39 is 6.09 Å². The molecule has 1 fully saturated rings. The first-order valence-electron chi connectivity index (χ1n) is 6.95. The largest absolute Gasteiger partial charge is 0.484 e. The van der Waals surface area contributed by atoms with Crippen LogP contribution in [0.15, 0.2) is 24.3 Å². The lowest BCUT2D eigenvalue weighted by atomic mass is 10.1. The van der Waals surface area contributed by atoms with Gasteiger partial charge in [0.2, 0.25) is 0 Å². The van der Waals surface area contributed by atoms with Crippen molar-refractivity contribution in [3.63, 3.8) is 0 Å². The lowest BCUT2D eigenvalue weighted by Crippen LogP contribution is -2.51. The number of nitrogens with one attached hydrogen (secondary N) is 2. The fraction of sp³-hybridized carbons (Fsp3) is 0.429. The van der Waals surface area contributed by atoms with Crippen LogP contribution in [0.25, 0.3) is 0 Å². The Bertz CT molecular complexity index is 515. The molecule has 1 aliphatic heterocycles. The molecule has 120 valence electrons. The van der Waals surface area contributed by atoms with E-state index >= 15 is 0 Å². The molecule has 1 heterocycles. The molecular weight excluding hydrogens is 310 g/mol. The lowest BCUT2D eigenvalue weighted by Gasteiger charge is -2.31. The number of ether oxygens (including phenoxy) is 1. The SMILES string of the molecule is O=C(O)NC1CCN(NC(=O)COc2ccc(Cl)cc2)CC1. The second-order valence-corrected chi connectivity index (χ2v) is 5.42. The van der Waals surface area contributed by atoms with Crippen molar-refractivity contribution < 1.29 is 19.4 Å². The second kappa shape index (κ2) is 7.86. The molecule has 2 rings (SSSR count). The Hall–Kier alpha value is -1.99. The maximum atomic E-state index is 11.8. The minimum Gasteiger partial charge on any atom is -0.484 e. The molecule has 1 aliphatic rings. The van der Waals surface area contributed by atoms with Gasteiger partial charge >= 0.3 is 6.09 Å². The number of benzene rings is 1. The molecule has 3 N–H and O–H groups in total. The molecule has 0 bridgehead atoms. The quantitative estimate of drug-likeness (QED) is 0.762. The van der Waals surface area contributed by atoms with Gasteiger partial charge in [0.05, 0.1) is 0 Å². The predicted octanol–water partition coefficient (Wildman–Crippen LogP) is 1.48. The Balaban J connectivity index is 1.67. The molecule has 0 atom stereocenters. The third kappa shape index (κ3) is 5.42. The van der Waals surface area contributed by atoms with Crippen LogP contribution in [0.4, 0.5) is 4.79 Å². The molecule has 1 aromatic rings. The molecule has 8 heteroatoms. The van der Waals surface area contributed by atoms with Crippen LogP contribution in [-0.2, 0) is 4.79 Å². The summed E-state index contributed by atoms with van der Waals surface area (Å²) < 4.78 is 5.35. The van der Waals surface area contributed by atoms with Gasteiger partial charge in [-0.1, -0.05) is 11.6 Å². The molecule has 0 saturated carbocycles. The van der Waals surface area contributed by atoms with Crippen molar-refractivity contribution in [3.05, 3.63) is 29.3 Å². The summed E-state index contributed by atoms with van der Waals surface area (Å²) in [6, 6.07) is 6.71. The van der Waals surface area contributed by atoms with E-state index in [1.807, 2.05) is 0 Å². The zero-order chi connectivity index (χ0) is 15.9. The maximum absolute atomic E-state index is 11.8. The Morgan fingerprint density at radius 1 is 1.27 bits per heavy atom. The highest BCUT2D eigenvalue weighted by molar-refractivity contribution is 6.30.